The lowest BCUT2D eigenvalue weighted by Crippen LogP contribution is -2.33. The van der Waals surface area contributed by atoms with Crippen LogP contribution in [-0.4, -0.2) is 43.0 Å². The molecule has 10 nitrogen and oxygen atoms in total. The predicted octanol–water partition coefficient (Wildman–Crippen LogP) is 4.25. The first-order valence-corrected chi connectivity index (χ1v) is 14.4. The molecule has 0 fully saturated rings. The molecule has 0 saturated heterocycles. The Morgan fingerprint density at radius 3 is 2.52 bits per heavy atom. The highest BCUT2D eigenvalue weighted by Crippen LogP contribution is 2.32. The summed E-state index contributed by atoms with van der Waals surface area (Å²) in [5.41, 5.74) is 2.36. The maximum absolute atomic E-state index is 13.4. The molecule has 0 aliphatic rings. The predicted molar refractivity (Wildman–Crippen MR) is 155 cm³/mol. The number of amides is 1. The van der Waals surface area contributed by atoms with Crippen molar-refractivity contribution in [3.8, 4) is 17.0 Å². The van der Waals surface area contributed by atoms with E-state index in [0.717, 1.165) is 5.56 Å². The Kier molecular flexibility index (Phi) is 8.45. The molecule has 0 saturated carbocycles. The van der Waals surface area contributed by atoms with E-state index in [1.165, 1.54) is 30.3 Å². The number of benzene rings is 2. The third-order valence-corrected chi connectivity index (χ3v) is 8.67. The molecule has 40 heavy (non-hydrogen) atoms. The number of nitrogens with zero attached hydrogens (tertiary/aromatic N) is 3. The monoisotopic (exact) mass is 583 g/mol. The molecule has 0 aliphatic heterocycles. The van der Waals surface area contributed by atoms with Crippen LogP contribution in [-0.2, 0) is 21.4 Å². The van der Waals surface area contributed by atoms with Crippen molar-refractivity contribution in [2.75, 3.05) is 18.9 Å². The number of hydrogen-bond acceptors (Lipinski definition) is 7. The van der Waals surface area contributed by atoms with Gasteiger partial charge in [-0.2, -0.15) is 0 Å². The van der Waals surface area contributed by atoms with Crippen LogP contribution < -0.4 is 20.3 Å². The van der Waals surface area contributed by atoms with Crippen molar-refractivity contribution in [1.29, 1.82) is 0 Å². The van der Waals surface area contributed by atoms with Crippen molar-refractivity contribution in [2.45, 2.75) is 32.2 Å². The van der Waals surface area contributed by atoms with Crippen molar-refractivity contribution < 1.29 is 17.9 Å². The molecule has 12 heteroatoms. The Hall–Kier alpha value is -3.96. The van der Waals surface area contributed by atoms with E-state index in [9.17, 15) is 18.0 Å². The van der Waals surface area contributed by atoms with Crippen LogP contribution in [0.2, 0.25) is 5.02 Å². The molecule has 2 unspecified atom stereocenters. The van der Waals surface area contributed by atoms with Gasteiger partial charge in [-0.25, -0.2) is 18.4 Å². The third-order valence-electron chi connectivity index (χ3n) is 6.82. The van der Waals surface area contributed by atoms with E-state index in [2.05, 4.69) is 20.0 Å². The minimum Gasteiger partial charge on any atom is -0.480 e. The van der Waals surface area contributed by atoms with Gasteiger partial charge in [0.15, 0.2) is 0 Å². The summed E-state index contributed by atoms with van der Waals surface area (Å²) in [5, 5.41) is 3.11. The zero-order valence-corrected chi connectivity index (χ0v) is 24.3. The van der Waals surface area contributed by atoms with Gasteiger partial charge < -0.3 is 10.1 Å². The fourth-order valence-electron chi connectivity index (χ4n) is 4.29. The van der Waals surface area contributed by atoms with Crippen molar-refractivity contribution in [2.24, 2.45) is 11.8 Å². The van der Waals surface area contributed by atoms with Gasteiger partial charge in [0, 0.05) is 31.3 Å². The largest absolute Gasteiger partial charge is 0.480 e. The van der Waals surface area contributed by atoms with Crippen LogP contribution in [0, 0.1) is 18.8 Å². The molecule has 2 aromatic carbocycles. The minimum absolute atomic E-state index is 0.0691. The molecule has 0 spiro atoms. The number of hydrogen-bond donors (Lipinski definition) is 2. The van der Waals surface area contributed by atoms with E-state index in [4.69, 9.17) is 16.3 Å². The van der Waals surface area contributed by atoms with Crippen molar-refractivity contribution >= 4 is 44.1 Å². The van der Waals surface area contributed by atoms with Gasteiger partial charge >= 0.3 is 0 Å². The quantitative estimate of drug-likeness (QED) is 0.301. The average Bonchev–Trinajstić information content (AvgIpc) is 2.93. The Bertz CT molecular complexity index is 1760. The molecule has 4 aromatic rings. The highest BCUT2D eigenvalue weighted by atomic mass is 35.5. The Morgan fingerprint density at radius 1 is 1.10 bits per heavy atom. The maximum atomic E-state index is 13.4. The summed E-state index contributed by atoms with van der Waals surface area (Å²) in [6, 6.07) is 11.4. The van der Waals surface area contributed by atoms with Gasteiger partial charge in [0.2, 0.25) is 11.8 Å². The first-order chi connectivity index (χ1) is 18.9. The number of halogens is 1. The number of carbonyl (C=O) groups is 1. The molecular formula is C28H30ClN5O5S. The van der Waals surface area contributed by atoms with Gasteiger partial charge in [0.25, 0.3) is 15.6 Å². The molecule has 0 aliphatic carbocycles. The Balaban J connectivity index is 1.71. The van der Waals surface area contributed by atoms with Crippen LogP contribution in [0.4, 0.5) is 5.69 Å². The number of anilines is 1. The number of sulfonamides is 1. The second kappa shape index (κ2) is 11.6. The minimum atomic E-state index is -4.06. The SMILES string of the molecule is CNC(=O)C(C)C(C)Cn1cnc2ccc(-c3cnc(OC)c(NS(=O)(=O)c4ccc(C)cc4Cl)c3)cc2c1=O. The number of nitrogens with one attached hydrogen (secondary N) is 2. The lowest BCUT2D eigenvalue weighted by atomic mass is 9.95. The van der Waals surface area contributed by atoms with Gasteiger partial charge in [-0.3, -0.25) is 18.9 Å². The number of aromatic nitrogens is 3. The second-order valence-electron chi connectivity index (χ2n) is 9.63. The highest BCUT2D eigenvalue weighted by molar-refractivity contribution is 7.92. The molecule has 2 atom stereocenters. The number of rotatable bonds is 9. The van der Waals surface area contributed by atoms with Crippen molar-refractivity contribution in [3.63, 3.8) is 0 Å². The summed E-state index contributed by atoms with van der Waals surface area (Å²) in [4.78, 5) is 34.0. The lowest BCUT2D eigenvalue weighted by molar-refractivity contribution is -0.125. The normalized spacial score (nSPS) is 13.1. The smallest absolute Gasteiger partial charge is 0.263 e. The van der Waals surface area contributed by atoms with Crippen LogP contribution in [0.5, 0.6) is 5.88 Å². The van der Waals surface area contributed by atoms with E-state index in [1.54, 1.807) is 43.4 Å². The first kappa shape index (κ1) is 29.0. The maximum Gasteiger partial charge on any atom is 0.263 e. The molecular weight excluding hydrogens is 554 g/mol. The van der Waals surface area contributed by atoms with Crippen LogP contribution >= 0.6 is 11.6 Å². The summed E-state index contributed by atoms with van der Waals surface area (Å²) in [5.74, 6) is -0.427. The molecule has 0 radical (unpaired) electrons. The van der Waals surface area contributed by atoms with E-state index in [1.807, 2.05) is 20.8 Å². The Morgan fingerprint density at radius 2 is 1.85 bits per heavy atom. The summed E-state index contributed by atoms with van der Waals surface area (Å²) in [6.45, 7) is 5.85. The molecule has 2 aromatic heterocycles. The number of pyridine rings is 1. The summed E-state index contributed by atoms with van der Waals surface area (Å²) >= 11 is 6.21. The lowest BCUT2D eigenvalue weighted by Gasteiger charge is -2.19. The number of carbonyl (C=O) groups excluding carboxylic acids is 1. The highest BCUT2D eigenvalue weighted by Gasteiger charge is 2.22. The van der Waals surface area contributed by atoms with Crippen LogP contribution in [0.15, 0.2) is 64.7 Å². The van der Waals surface area contributed by atoms with Crippen LogP contribution in [0.25, 0.3) is 22.0 Å². The molecule has 4 rings (SSSR count). The topological polar surface area (TPSA) is 132 Å². The zero-order valence-electron chi connectivity index (χ0n) is 22.7. The summed E-state index contributed by atoms with van der Waals surface area (Å²) < 4.78 is 35.6. The molecule has 2 heterocycles. The number of ether oxygens (including phenoxy) is 1. The molecule has 2 N–H and O–H groups in total. The second-order valence-corrected chi connectivity index (χ2v) is 11.7. The van der Waals surface area contributed by atoms with E-state index in [0.29, 0.717) is 28.6 Å². The van der Waals surface area contributed by atoms with Crippen molar-refractivity contribution in [1.82, 2.24) is 19.9 Å². The van der Waals surface area contributed by atoms with Gasteiger partial charge in [-0.1, -0.05) is 37.6 Å². The molecule has 1 amide bonds. The molecule has 210 valence electrons. The zero-order chi connectivity index (χ0) is 29.2. The Labute approximate surface area is 237 Å². The van der Waals surface area contributed by atoms with Gasteiger partial charge in [-0.15, -0.1) is 0 Å². The van der Waals surface area contributed by atoms with Gasteiger partial charge in [-0.05, 0) is 54.3 Å². The van der Waals surface area contributed by atoms with Crippen LogP contribution in [0.3, 0.4) is 0 Å². The molecule has 0 bridgehead atoms. The standard InChI is InChI=1S/C28H30ClN5O5S/c1-16-6-9-25(22(29)10-16)40(37,38)33-24-12-20(13-31-27(24)39-5)19-7-8-23-21(11-19)28(36)34(15-32-23)14-17(2)18(3)26(35)30-4/h6-13,15,17-18,33H,14H2,1-5H3,(H,30,35). The number of aryl methyl sites for hydroxylation is 1. The van der Waals surface area contributed by atoms with Crippen molar-refractivity contribution in [3.05, 3.63) is 75.9 Å². The summed E-state index contributed by atoms with van der Waals surface area (Å²) in [7, 11) is -1.09. The fourth-order valence-corrected chi connectivity index (χ4v) is 5.94. The summed E-state index contributed by atoms with van der Waals surface area (Å²) in [6.07, 6.45) is 3.01. The number of methoxy groups -OCH3 is 1. The van der Waals surface area contributed by atoms with Crippen LogP contribution in [0.1, 0.15) is 19.4 Å². The third kappa shape index (κ3) is 5.95. The van der Waals surface area contributed by atoms with Gasteiger partial charge in [0.1, 0.15) is 10.6 Å². The first-order valence-electron chi connectivity index (χ1n) is 12.5. The average molecular weight is 584 g/mol. The van der Waals surface area contributed by atoms with E-state index < -0.39 is 10.0 Å². The van der Waals surface area contributed by atoms with Gasteiger partial charge in [0.05, 0.1) is 29.4 Å². The van der Waals surface area contributed by atoms with E-state index in [-0.39, 0.29) is 44.8 Å². The van der Waals surface area contributed by atoms with E-state index >= 15 is 0 Å². The number of fused-ring (bicyclic) bond motifs is 1. The fraction of sp³-hybridized carbons (Fsp3) is 0.286.